The predicted molar refractivity (Wildman–Crippen MR) is 79.8 cm³/mol. The lowest BCUT2D eigenvalue weighted by Gasteiger charge is -2.41. The third-order valence-corrected chi connectivity index (χ3v) is 5.06. The molecule has 0 bridgehead atoms. The van der Waals surface area contributed by atoms with E-state index < -0.39 is 5.60 Å². The summed E-state index contributed by atoms with van der Waals surface area (Å²) in [7, 11) is 0. The van der Waals surface area contributed by atoms with E-state index in [-0.39, 0.29) is 0 Å². The van der Waals surface area contributed by atoms with E-state index in [1.165, 1.54) is 25.1 Å². The molecule has 1 aromatic heterocycles. The number of aromatic nitrogens is 2. The Bertz CT molecular complexity index is 470. The van der Waals surface area contributed by atoms with Crippen LogP contribution in [0, 0.1) is 0 Å². The maximum atomic E-state index is 11.0. The van der Waals surface area contributed by atoms with Gasteiger partial charge in [0.2, 0.25) is 0 Å². The van der Waals surface area contributed by atoms with Crippen LogP contribution in [0.15, 0.2) is 6.07 Å². The van der Waals surface area contributed by atoms with Crippen molar-refractivity contribution in [3.8, 4) is 0 Å². The molecule has 1 aromatic rings. The minimum atomic E-state index is -0.524. The van der Waals surface area contributed by atoms with Crippen molar-refractivity contribution in [3.63, 3.8) is 0 Å². The molecule has 2 unspecified atom stereocenters. The van der Waals surface area contributed by atoms with Crippen LogP contribution < -0.4 is 0 Å². The summed E-state index contributed by atoms with van der Waals surface area (Å²) in [5, 5.41) is 15.6. The molecular formula is C16H27N3O. The molecule has 0 saturated carbocycles. The molecule has 1 N–H and O–H groups in total. The lowest BCUT2D eigenvalue weighted by atomic mass is 9.83. The van der Waals surface area contributed by atoms with Gasteiger partial charge in [0.05, 0.1) is 11.3 Å². The van der Waals surface area contributed by atoms with Gasteiger partial charge in [0, 0.05) is 31.2 Å². The van der Waals surface area contributed by atoms with Crippen LogP contribution in [0.25, 0.3) is 0 Å². The molecule has 20 heavy (non-hydrogen) atoms. The highest BCUT2D eigenvalue weighted by molar-refractivity contribution is 5.14. The van der Waals surface area contributed by atoms with Gasteiger partial charge in [-0.05, 0) is 51.6 Å². The van der Waals surface area contributed by atoms with Gasteiger partial charge in [-0.2, -0.15) is 5.10 Å². The van der Waals surface area contributed by atoms with Crippen LogP contribution in [0.4, 0.5) is 0 Å². The van der Waals surface area contributed by atoms with Gasteiger partial charge < -0.3 is 10.0 Å². The molecule has 3 heterocycles. The number of nitrogens with zero attached hydrogens (tertiary/aromatic N) is 3. The Morgan fingerprint density at radius 2 is 2.25 bits per heavy atom. The van der Waals surface area contributed by atoms with Gasteiger partial charge in [0.25, 0.3) is 0 Å². The lowest BCUT2D eigenvalue weighted by molar-refractivity contribution is -0.0366. The second kappa shape index (κ2) is 5.49. The first-order valence-corrected chi connectivity index (χ1v) is 8.15. The first kappa shape index (κ1) is 14.1. The molecule has 112 valence electrons. The zero-order valence-electron chi connectivity index (χ0n) is 12.8. The molecule has 2 atom stereocenters. The Labute approximate surface area is 121 Å². The number of aryl methyl sites for hydroxylation is 2. The summed E-state index contributed by atoms with van der Waals surface area (Å²) in [6, 6.07) is 2.79. The van der Waals surface area contributed by atoms with E-state index >= 15 is 0 Å². The lowest BCUT2D eigenvalue weighted by Crippen LogP contribution is -2.49. The predicted octanol–water partition coefficient (Wildman–Crippen LogP) is 2.00. The second-order valence-corrected chi connectivity index (χ2v) is 6.48. The van der Waals surface area contributed by atoms with E-state index in [2.05, 4.69) is 34.6 Å². The zero-order chi connectivity index (χ0) is 14.2. The average Bonchev–Trinajstić information content (AvgIpc) is 3.03. The molecule has 0 aromatic carbocycles. The fourth-order valence-corrected chi connectivity index (χ4v) is 3.91. The molecule has 2 saturated heterocycles. The van der Waals surface area contributed by atoms with Gasteiger partial charge in [0.15, 0.2) is 0 Å². The standard InChI is InChI=1S/C16H27N3O/c1-3-13-10-15(19(4-2)17-13)12-16(20)7-9-18-8-5-6-14(18)11-16/h10,14,20H,3-9,11-12H2,1-2H3. The normalized spacial score (nSPS) is 30.6. The molecule has 0 amide bonds. The highest BCUT2D eigenvalue weighted by Gasteiger charge is 2.40. The molecule has 2 fully saturated rings. The summed E-state index contributed by atoms with van der Waals surface area (Å²) in [6.45, 7) is 7.44. The fourth-order valence-electron chi connectivity index (χ4n) is 3.91. The minimum absolute atomic E-state index is 0.524. The topological polar surface area (TPSA) is 41.3 Å². The van der Waals surface area contributed by atoms with Crippen molar-refractivity contribution in [1.29, 1.82) is 0 Å². The summed E-state index contributed by atoms with van der Waals surface area (Å²) < 4.78 is 2.07. The van der Waals surface area contributed by atoms with Crippen LogP contribution in [0.1, 0.15) is 50.9 Å². The largest absolute Gasteiger partial charge is 0.389 e. The summed E-state index contributed by atoms with van der Waals surface area (Å²) in [4.78, 5) is 2.56. The smallest absolute Gasteiger partial charge is 0.0729 e. The number of fused-ring (bicyclic) bond motifs is 1. The van der Waals surface area contributed by atoms with Gasteiger partial charge in [-0.3, -0.25) is 4.68 Å². The zero-order valence-corrected chi connectivity index (χ0v) is 12.8. The second-order valence-electron chi connectivity index (χ2n) is 6.48. The van der Waals surface area contributed by atoms with Gasteiger partial charge in [-0.1, -0.05) is 6.92 Å². The average molecular weight is 277 g/mol. The van der Waals surface area contributed by atoms with Crippen LogP contribution >= 0.6 is 0 Å². The molecule has 0 spiro atoms. The fraction of sp³-hybridized carbons (Fsp3) is 0.812. The molecule has 2 aliphatic heterocycles. The molecular weight excluding hydrogens is 250 g/mol. The van der Waals surface area contributed by atoms with E-state index in [4.69, 9.17) is 0 Å². The Hall–Kier alpha value is -0.870. The summed E-state index contributed by atoms with van der Waals surface area (Å²) >= 11 is 0. The number of aliphatic hydroxyl groups is 1. The van der Waals surface area contributed by atoms with E-state index in [1.807, 2.05) is 0 Å². The van der Waals surface area contributed by atoms with Crippen molar-refractivity contribution in [3.05, 3.63) is 17.5 Å². The van der Waals surface area contributed by atoms with Crippen molar-refractivity contribution in [2.75, 3.05) is 13.1 Å². The number of rotatable bonds is 4. The highest BCUT2D eigenvalue weighted by Crippen LogP contribution is 2.35. The number of hydrogen-bond donors (Lipinski definition) is 1. The van der Waals surface area contributed by atoms with E-state index in [0.29, 0.717) is 6.04 Å². The molecule has 4 heteroatoms. The molecule has 0 aliphatic carbocycles. The SMILES string of the molecule is CCc1cc(CC2(O)CCN3CCCC3C2)n(CC)n1. The third-order valence-electron chi connectivity index (χ3n) is 5.06. The summed E-state index contributed by atoms with van der Waals surface area (Å²) in [5.41, 5.74) is 1.82. The molecule has 3 rings (SSSR count). The van der Waals surface area contributed by atoms with Crippen LogP contribution in [0.2, 0.25) is 0 Å². The van der Waals surface area contributed by atoms with Crippen molar-refractivity contribution in [2.24, 2.45) is 0 Å². The van der Waals surface area contributed by atoms with E-state index in [0.717, 1.165) is 44.5 Å². The maximum absolute atomic E-state index is 11.0. The van der Waals surface area contributed by atoms with E-state index in [9.17, 15) is 5.11 Å². The van der Waals surface area contributed by atoms with Gasteiger partial charge in [-0.15, -0.1) is 0 Å². The molecule has 4 nitrogen and oxygen atoms in total. The van der Waals surface area contributed by atoms with Crippen molar-refractivity contribution in [1.82, 2.24) is 14.7 Å². The summed E-state index contributed by atoms with van der Waals surface area (Å²) in [6.07, 6.45) is 6.12. The van der Waals surface area contributed by atoms with Crippen molar-refractivity contribution < 1.29 is 5.11 Å². The van der Waals surface area contributed by atoms with Crippen LogP contribution in [0.3, 0.4) is 0 Å². The third kappa shape index (κ3) is 2.63. The Morgan fingerprint density at radius 1 is 1.40 bits per heavy atom. The van der Waals surface area contributed by atoms with Gasteiger partial charge in [-0.25, -0.2) is 0 Å². The van der Waals surface area contributed by atoms with Crippen LogP contribution in [0.5, 0.6) is 0 Å². The Morgan fingerprint density at radius 3 is 3.00 bits per heavy atom. The monoisotopic (exact) mass is 277 g/mol. The first-order valence-electron chi connectivity index (χ1n) is 8.15. The van der Waals surface area contributed by atoms with Gasteiger partial charge in [0.1, 0.15) is 0 Å². The van der Waals surface area contributed by atoms with Crippen molar-refractivity contribution in [2.45, 2.75) is 70.6 Å². The van der Waals surface area contributed by atoms with E-state index in [1.54, 1.807) is 0 Å². The first-order chi connectivity index (χ1) is 9.63. The minimum Gasteiger partial charge on any atom is -0.389 e. The number of piperidine rings is 1. The number of hydrogen-bond acceptors (Lipinski definition) is 3. The quantitative estimate of drug-likeness (QED) is 0.915. The van der Waals surface area contributed by atoms with Gasteiger partial charge >= 0.3 is 0 Å². The Kier molecular flexibility index (Phi) is 3.87. The van der Waals surface area contributed by atoms with Crippen LogP contribution in [-0.2, 0) is 19.4 Å². The highest BCUT2D eigenvalue weighted by atomic mass is 16.3. The molecule has 0 radical (unpaired) electrons. The van der Waals surface area contributed by atoms with Crippen LogP contribution in [-0.4, -0.2) is 44.5 Å². The maximum Gasteiger partial charge on any atom is 0.0729 e. The molecule has 2 aliphatic rings. The van der Waals surface area contributed by atoms with Crippen molar-refractivity contribution >= 4 is 0 Å². The summed E-state index contributed by atoms with van der Waals surface area (Å²) in [5.74, 6) is 0. The Balaban J connectivity index is 1.74.